The van der Waals surface area contributed by atoms with Crippen molar-refractivity contribution in [2.45, 2.75) is 18.9 Å². The minimum absolute atomic E-state index is 0.222. The average Bonchev–Trinajstić information content (AvgIpc) is 3.26. The lowest BCUT2D eigenvalue weighted by Gasteiger charge is -2.28. The van der Waals surface area contributed by atoms with Gasteiger partial charge in [0.1, 0.15) is 11.6 Å². The van der Waals surface area contributed by atoms with Gasteiger partial charge in [0.2, 0.25) is 0 Å². The molecule has 5 heteroatoms. The van der Waals surface area contributed by atoms with E-state index < -0.39 is 5.82 Å². The highest BCUT2D eigenvalue weighted by Crippen LogP contribution is 2.38. The Balaban J connectivity index is 1.74. The Hall–Kier alpha value is -2.69. The van der Waals surface area contributed by atoms with Crippen LogP contribution in [0, 0.1) is 11.6 Å². The molecular formula is C19H16F2N3. The first-order valence-electron chi connectivity index (χ1n) is 7.99. The van der Waals surface area contributed by atoms with Crippen molar-refractivity contribution in [2.24, 2.45) is 5.10 Å². The zero-order valence-corrected chi connectivity index (χ0v) is 13.0. The van der Waals surface area contributed by atoms with E-state index in [9.17, 15) is 8.78 Å². The molecule has 24 heavy (non-hydrogen) atoms. The average molecular weight is 324 g/mol. The van der Waals surface area contributed by atoms with E-state index in [1.165, 1.54) is 12.1 Å². The van der Waals surface area contributed by atoms with E-state index in [0.29, 0.717) is 5.56 Å². The van der Waals surface area contributed by atoms with Crippen molar-refractivity contribution >= 4 is 11.8 Å². The van der Waals surface area contributed by atoms with Gasteiger partial charge in [-0.1, -0.05) is 30.3 Å². The summed E-state index contributed by atoms with van der Waals surface area (Å²) in [6.45, 7) is 0.749. The Morgan fingerprint density at radius 1 is 1.04 bits per heavy atom. The lowest BCUT2D eigenvalue weighted by molar-refractivity contribution is 0.300. The molecule has 2 aliphatic rings. The molecule has 3 nitrogen and oxygen atoms in total. The van der Waals surface area contributed by atoms with Crippen molar-refractivity contribution in [3.63, 3.8) is 0 Å². The smallest absolute Gasteiger partial charge is 0.161 e. The molecule has 1 saturated heterocycles. The molecule has 0 amide bonds. The van der Waals surface area contributed by atoms with Crippen LogP contribution in [0.1, 0.15) is 30.0 Å². The van der Waals surface area contributed by atoms with Crippen molar-refractivity contribution in [3.8, 4) is 0 Å². The Labute approximate surface area is 139 Å². The van der Waals surface area contributed by atoms with Gasteiger partial charge in [-0.15, -0.1) is 5.43 Å². The SMILES string of the molecule is Fc1ccc(F)c([C@H]2CCCN2C2=C(c3ccccc3)C=N[N]2)c1. The number of allylic oxidation sites excluding steroid dienone is 1. The number of hydrogen-bond acceptors (Lipinski definition) is 2. The minimum Gasteiger partial charge on any atom is -0.347 e. The van der Waals surface area contributed by atoms with Crippen LogP contribution in [-0.4, -0.2) is 17.7 Å². The highest BCUT2D eigenvalue weighted by molar-refractivity contribution is 6.12. The Bertz CT molecular complexity index is 815. The largest absolute Gasteiger partial charge is 0.347 e. The first-order chi connectivity index (χ1) is 11.7. The molecule has 0 bridgehead atoms. The summed E-state index contributed by atoms with van der Waals surface area (Å²) in [6.07, 6.45) is 3.39. The van der Waals surface area contributed by atoms with Crippen molar-refractivity contribution in [1.82, 2.24) is 10.3 Å². The summed E-state index contributed by atoms with van der Waals surface area (Å²) in [7, 11) is 0. The van der Waals surface area contributed by atoms with E-state index in [1.54, 1.807) is 6.21 Å². The van der Waals surface area contributed by atoms with Crippen LogP contribution >= 0.6 is 0 Å². The summed E-state index contributed by atoms with van der Waals surface area (Å²) in [6, 6.07) is 13.3. The van der Waals surface area contributed by atoms with E-state index in [1.807, 2.05) is 35.2 Å². The van der Waals surface area contributed by atoms with Gasteiger partial charge in [0, 0.05) is 17.7 Å². The number of hydrogen-bond donors (Lipinski definition) is 0. The third-order valence-corrected chi connectivity index (χ3v) is 4.51. The van der Waals surface area contributed by atoms with Gasteiger partial charge in [-0.2, -0.15) is 5.10 Å². The maximum absolute atomic E-state index is 14.2. The lowest BCUT2D eigenvalue weighted by atomic mass is 10.0. The summed E-state index contributed by atoms with van der Waals surface area (Å²) in [4.78, 5) is 2.03. The maximum atomic E-state index is 14.2. The third-order valence-electron chi connectivity index (χ3n) is 4.51. The highest BCUT2D eigenvalue weighted by Gasteiger charge is 2.33. The van der Waals surface area contributed by atoms with E-state index in [0.717, 1.165) is 42.4 Å². The van der Waals surface area contributed by atoms with Crippen LogP contribution in [0.2, 0.25) is 0 Å². The molecule has 1 fully saturated rings. The molecule has 2 aliphatic heterocycles. The normalized spacial score (nSPS) is 19.9. The number of rotatable bonds is 3. The summed E-state index contributed by atoms with van der Waals surface area (Å²) in [5.41, 5.74) is 6.58. The van der Waals surface area contributed by atoms with Gasteiger partial charge in [-0.05, 0) is 36.6 Å². The first kappa shape index (κ1) is 14.9. The van der Waals surface area contributed by atoms with Gasteiger partial charge in [-0.25, -0.2) is 8.78 Å². The zero-order valence-electron chi connectivity index (χ0n) is 13.0. The second kappa shape index (κ2) is 6.07. The highest BCUT2D eigenvalue weighted by atomic mass is 19.1. The second-order valence-corrected chi connectivity index (χ2v) is 5.97. The Morgan fingerprint density at radius 3 is 2.71 bits per heavy atom. The number of halogens is 2. The fourth-order valence-electron chi connectivity index (χ4n) is 3.40. The van der Waals surface area contributed by atoms with E-state index in [-0.39, 0.29) is 11.9 Å². The van der Waals surface area contributed by atoms with E-state index in [2.05, 4.69) is 10.5 Å². The molecular weight excluding hydrogens is 308 g/mol. The predicted molar refractivity (Wildman–Crippen MR) is 89.0 cm³/mol. The molecule has 0 aromatic heterocycles. The Kier molecular flexibility index (Phi) is 3.76. The van der Waals surface area contributed by atoms with Crippen LogP contribution in [0.3, 0.4) is 0 Å². The molecule has 2 aromatic rings. The molecule has 0 spiro atoms. The quantitative estimate of drug-likeness (QED) is 0.837. The zero-order chi connectivity index (χ0) is 16.5. The fraction of sp³-hybridized carbons (Fsp3) is 0.211. The standard InChI is InChI=1S/C19H16F2N3/c20-14-8-9-17(21)15(11-14)18-7-4-10-24(18)19-16(12-22-23-19)13-5-2-1-3-6-13/h1-3,5-6,8-9,11-12,18H,4,7,10H2/t18-/m1/s1. The van der Waals surface area contributed by atoms with Crippen molar-refractivity contribution in [2.75, 3.05) is 6.54 Å². The van der Waals surface area contributed by atoms with Crippen LogP contribution in [0.4, 0.5) is 8.78 Å². The van der Waals surface area contributed by atoms with Crippen molar-refractivity contribution < 1.29 is 8.78 Å². The topological polar surface area (TPSA) is 29.7 Å². The van der Waals surface area contributed by atoms with Crippen LogP contribution in [0.5, 0.6) is 0 Å². The van der Waals surface area contributed by atoms with Gasteiger partial charge in [0.25, 0.3) is 0 Å². The van der Waals surface area contributed by atoms with E-state index in [4.69, 9.17) is 0 Å². The molecule has 1 radical (unpaired) electrons. The number of benzene rings is 2. The van der Waals surface area contributed by atoms with Gasteiger partial charge in [-0.3, -0.25) is 0 Å². The molecule has 0 unspecified atom stereocenters. The maximum Gasteiger partial charge on any atom is 0.161 e. The summed E-state index contributed by atoms with van der Waals surface area (Å²) < 4.78 is 27.8. The Morgan fingerprint density at radius 2 is 1.88 bits per heavy atom. The molecule has 2 aromatic carbocycles. The molecule has 1 atom stereocenters. The number of likely N-dealkylation sites (tertiary alicyclic amines) is 1. The molecule has 2 heterocycles. The first-order valence-corrected chi connectivity index (χ1v) is 7.99. The van der Waals surface area contributed by atoms with Crippen molar-refractivity contribution in [1.29, 1.82) is 0 Å². The van der Waals surface area contributed by atoms with E-state index >= 15 is 0 Å². The molecule has 0 saturated carbocycles. The molecule has 4 rings (SSSR count). The van der Waals surface area contributed by atoms with Gasteiger partial charge < -0.3 is 4.90 Å². The minimum atomic E-state index is -0.421. The van der Waals surface area contributed by atoms with Crippen molar-refractivity contribution in [3.05, 3.63) is 77.1 Å². The lowest BCUT2D eigenvalue weighted by Crippen LogP contribution is -2.27. The van der Waals surface area contributed by atoms with Gasteiger partial charge >= 0.3 is 0 Å². The second-order valence-electron chi connectivity index (χ2n) is 5.97. The van der Waals surface area contributed by atoms with Crippen LogP contribution in [0.15, 0.2) is 59.5 Å². The fourth-order valence-corrected chi connectivity index (χ4v) is 3.40. The van der Waals surface area contributed by atoms with Gasteiger partial charge in [0.15, 0.2) is 5.82 Å². The third kappa shape index (κ3) is 2.56. The monoisotopic (exact) mass is 324 g/mol. The van der Waals surface area contributed by atoms with Gasteiger partial charge in [0.05, 0.1) is 12.3 Å². The number of nitrogens with zero attached hydrogens (tertiary/aromatic N) is 3. The molecule has 121 valence electrons. The molecule has 0 N–H and O–H groups in total. The van der Waals surface area contributed by atoms with Crippen LogP contribution < -0.4 is 5.43 Å². The summed E-state index contributed by atoms with van der Waals surface area (Å²) in [5.74, 6) is -0.0726. The summed E-state index contributed by atoms with van der Waals surface area (Å²) in [5, 5.41) is 4.05. The predicted octanol–water partition coefficient (Wildman–Crippen LogP) is 4.07. The van der Waals surface area contributed by atoms with Crippen LogP contribution in [-0.2, 0) is 0 Å². The summed E-state index contributed by atoms with van der Waals surface area (Å²) >= 11 is 0. The van der Waals surface area contributed by atoms with Crippen LogP contribution in [0.25, 0.3) is 5.57 Å². The molecule has 0 aliphatic carbocycles.